The van der Waals surface area contributed by atoms with Gasteiger partial charge in [-0.05, 0) is 83.5 Å². The molecular formula is C63H108O6. The van der Waals surface area contributed by atoms with Crippen LogP contribution in [0.15, 0.2) is 85.1 Å². The lowest BCUT2D eigenvalue weighted by Crippen LogP contribution is -2.30. The van der Waals surface area contributed by atoms with Crippen molar-refractivity contribution in [2.45, 2.75) is 284 Å². The molecule has 0 aliphatic heterocycles. The minimum absolute atomic E-state index is 0.103. The van der Waals surface area contributed by atoms with Gasteiger partial charge in [0.25, 0.3) is 0 Å². The molecule has 6 nitrogen and oxygen atoms in total. The molecule has 0 heterocycles. The number of carbonyl (C=O) groups excluding carboxylic acids is 3. The number of carbonyl (C=O) groups is 3. The average Bonchev–Trinajstić information content (AvgIpc) is 3.35. The largest absolute Gasteiger partial charge is 0.462 e. The minimum atomic E-state index is -0.810. The fourth-order valence-electron chi connectivity index (χ4n) is 8.11. The van der Waals surface area contributed by atoms with Crippen molar-refractivity contribution in [3.05, 3.63) is 85.1 Å². The number of unbranched alkanes of at least 4 members (excludes halogenated alkanes) is 31. The van der Waals surface area contributed by atoms with Gasteiger partial charge < -0.3 is 14.2 Å². The molecule has 0 aromatic heterocycles. The number of rotatable bonds is 52. The van der Waals surface area contributed by atoms with Crippen LogP contribution in [0.4, 0.5) is 0 Å². The van der Waals surface area contributed by atoms with E-state index in [1.54, 1.807) is 0 Å². The summed E-state index contributed by atoms with van der Waals surface area (Å²) in [5, 5.41) is 0. The van der Waals surface area contributed by atoms with Crippen molar-refractivity contribution in [1.82, 2.24) is 0 Å². The van der Waals surface area contributed by atoms with Crippen LogP contribution >= 0.6 is 0 Å². The summed E-state index contributed by atoms with van der Waals surface area (Å²) in [5.74, 6) is -0.982. The fourth-order valence-corrected chi connectivity index (χ4v) is 8.11. The van der Waals surface area contributed by atoms with Gasteiger partial charge in [-0.25, -0.2) is 0 Å². The second-order valence-corrected chi connectivity index (χ2v) is 19.3. The predicted molar refractivity (Wildman–Crippen MR) is 297 cm³/mol. The molecular weight excluding hydrogens is 853 g/mol. The smallest absolute Gasteiger partial charge is 0.306 e. The minimum Gasteiger partial charge on any atom is -0.462 e. The number of hydrogen-bond acceptors (Lipinski definition) is 6. The average molecular weight is 962 g/mol. The Labute approximate surface area is 426 Å². The third-order valence-electron chi connectivity index (χ3n) is 12.5. The van der Waals surface area contributed by atoms with Gasteiger partial charge in [-0.2, -0.15) is 0 Å². The summed E-state index contributed by atoms with van der Waals surface area (Å²) >= 11 is 0. The third-order valence-corrected chi connectivity index (χ3v) is 12.5. The van der Waals surface area contributed by atoms with Gasteiger partial charge in [0.05, 0.1) is 0 Å². The van der Waals surface area contributed by atoms with Gasteiger partial charge in [-0.3, -0.25) is 14.4 Å². The molecule has 0 amide bonds. The molecule has 0 aromatic carbocycles. The van der Waals surface area contributed by atoms with Gasteiger partial charge >= 0.3 is 17.9 Å². The second-order valence-electron chi connectivity index (χ2n) is 19.3. The Kier molecular flexibility index (Phi) is 54.3. The molecule has 0 N–H and O–H groups in total. The van der Waals surface area contributed by atoms with E-state index in [-0.39, 0.29) is 37.5 Å². The zero-order valence-corrected chi connectivity index (χ0v) is 45.3. The van der Waals surface area contributed by atoms with Crippen molar-refractivity contribution < 1.29 is 28.6 Å². The molecule has 0 aliphatic carbocycles. The van der Waals surface area contributed by atoms with Crippen LogP contribution in [0, 0.1) is 0 Å². The Hall–Kier alpha value is -3.41. The lowest BCUT2D eigenvalue weighted by Gasteiger charge is -2.18. The Balaban J connectivity index is 4.42. The van der Waals surface area contributed by atoms with Crippen molar-refractivity contribution in [2.24, 2.45) is 0 Å². The molecule has 0 bridgehead atoms. The van der Waals surface area contributed by atoms with Gasteiger partial charge in [-0.15, -0.1) is 0 Å². The van der Waals surface area contributed by atoms with Crippen molar-refractivity contribution in [3.8, 4) is 0 Å². The molecule has 0 spiro atoms. The number of hydrogen-bond donors (Lipinski definition) is 0. The van der Waals surface area contributed by atoms with Crippen molar-refractivity contribution >= 4 is 17.9 Å². The molecule has 1 atom stereocenters. The quantitative estimate of drug-likeness (QED) is 0.0199. The van der Waals surface area contributed by atoms with E-state index in [9.17, 15) is 14.4 Å². The van der Waals surface area contributed by atoms with Gasteiger partial charge in [0.2, 0.25) is 0 Å². The van der Waals surface area contributed by atoms with Gasteiger partial charge in [0.1, 0.15) is 13.2 Å². The topological polar surface area (TPSA) is 78.9 Å². The molecule has 1 unspecified atom stereocenters. The number of allylic oxidation sites excluding steroid dienone is 14. The van der Waals surface area contributed by atoms with Gasteiger partial charge in [0, 0.05) is 19.3 Å². The first-order valence-corrected chi connectivity index (χ1v) is 29.2. The molecule has 69 heavy (non-hydrogen) atoms. The summed E-state index contributed by atoms with van der Waals surface area (Å²) in [7, 11) is 0. The van der Waals surface area contributed by atoms with Crippen LogP contribution in [0.3, 0.4) is 0 Å². The summed E-state index contributed by atoms with van der Waals surface area (Å²) in [6, 6.07) is 0. The Morgan fingerprint density at radius 3 is 0.971 bits per heavy atom. The maximum absolute atomic E-state index is 12.9. The number of ether oxygens (including phenoxy) is 3. The maximum atomic E-state index is 12.9. The van der Waals surface area contributed by atoms with E-state index in [1.165, 1.54) is 180 Å². The summed E-state index contributed by atoms with van der Waals surface area (Å²) < 4.78 is 16.8. The first-order valence-electron chi connectivity index (χ1n) is 29.2. The van der Waals surface area contributed by atoms with Crippen LogP contribution in [-0.2, 0) is 28.6 Å². The zero-order chi connectivity index (χ0) is 50.0. The summed E-state index contributed by atoms with van der Waals surface area (Å²) in [6.45, 7) is 6.44. The van der Waals surface area contributed by atoms with Crippen molar-refractivity contribution in [3.63, 3.8) is 0 Å². The van der Waals surface area contributed by atoms with E-state index in [4.69, 9.17) is 14.2 Å². The zero-order valence-electron chi connectivity index (χ0n) is 45.3. The molecule has 0 aliphatic rings. The Morgan fingerprint density at radius 1 is 0.304 bits per heavy atom. The Bertz CT molecular complexity index is 1330. The summed E-state index contributed by atoms with van der Waals surface area (Å²) in [4.78, 5) is 38.1. The molecule has 0 aromatic rings. The molecule has 0 saturated carbocycles. The molecule has 6 heteroatoms. The highest BCUT2D eigenvalue weighted by Crippen LogP contribution is 2.15. The highest BCUT2D eigenvalue weighted by Gasteiger charge is 2.19. The lowest BCUT2D eigenvalue weighted by molar-refractivity contribution is -0.167. The van der Waals surface area contributed by atoms with Gasteiger partial charge in [0.15, 0.2) is 6.10 Å². The molecule has 0 rings (SSSR count). The van der Waals surface area contributed by atoms with Crippen LogP contribution < -0.4 is 0 Å². The normalized spacial score (nSPS) is 12.7. The molecule has 396 valence electrons. The highest BCUT2D eigenvalue weighted by molar-refractivity contribution is 5.71. The van der Waals surface area contributed by atoms with E-state index < -0.39 is 6.10 Å². The summed E-state index contributed by atoms with van der Waals surface area (Å²) in [6.07, 6.45) is 74.5. The van der Waals surface area contributed by atoms with Crippen LogP contribution in [-0.4, -0.2) is 37.2 Å². The SMILES string of the molecule is CC\C=C/C=C\C=C/C=C\C=C/CCCC(=O)OCC(COC(=O)CCCCCCCCC/C=C\CCCCCCCCCC)OC(=O)CCCCCCCCC/C=C\CCCCCCCCCC. The van der Waals surface area contributed by atoms with Crippen molar-refractivity contribution in [1.29, 1.82) is 0 Å². The van der Waals surface area contributed by atoms with E-state index in [0.29, 0.717) is 19.3 Å². The molecule has 0 radical (unpaired) electrons. The number of esters is 3. The van der Waals surface area contributed by atoms with Crippen LogP contribution in [0.1, 0.15) is 278 Å². The Morgan fingerprint density at radius 2 is 0.594 bits per heavy atom. The summed E-state index contributed by atoms with van der Waals surface area (Å²) in [5.41, 5.74) is 0. The second kappa shape index (κ2) is 57.2. The van der Waals surface area contributed by atoms with E-state index in [0.717, 1.165) is 51.4 Å². The third kappa shape index (κ3) is 55.4. The monoisotopic (exact) mass is 961 g/mol. The standard InChI is InChI=1S/C63H108O6/c1-4-7-10-13-16-19-22-25-27-29-31-33-35-38-41-44-47-50-53-56-62(65)68-59-60(58-67-61(64)55-52-49-46-43-40-37-24-21-18-15-12-9-6-3)69-63(66)57-54-51-48-45-42-39-36-34-32-30-28-26-23-20-17-14-11-8-5-2/h9,12,15,18,21,24,29-32,37,40,43,46,60H,4-8,10-11,13-14,16-17,19-20,22-23,25-28,33-36,38-39,41-42,44-45,47-59H2,1-3H3/b12-9-,18-15-,24-21-,31-29-,32-30-,40-37-,46-43-. The molecule has 0 fully saturated rings. The van der Waals surface area contributed by atoms with E-state index >= 15 is 0 Å². The van der Waals surface area contributed by atoms with Crippen LogP contribution in [0.5, 0.6) is 0 Å². The van der Waals surface area contributed by atoms with E-state index in [1.807, 2.05) is 54.7 Å². The first kappa shape index (κ1) is 65.6. The first-order chi connectivity index (χ1) is 34.0. The van der Waals surface area contributed by atoms with Crippen LogP contribution in [0.2, 0.25) is 0 Å². The van der Waals surface area contributed by atoms with E-state index in [2.05, 4.69) is 51.2 Å². The molecule has 0 saturated heterocycles. The van der Waals surface area contributed by atoms with Gasteiger partial charge in [-0.1, -0.05) is 260 Å². The lowest BCUT2D eigenvalue weighted by atomic mass is 10.1. The predicted octanol–water partition coefficient (Wildman–Crippen LogP) is 19.5. The maximum Gasteiger partial charge on any atom is 0.306 e. The highest BCUT2D eigenvalue weighted by atomic mass is 16.6. The van der Waals surface area contributed by atoms with Crippen molar-refractivity contribution in [2.75, 3.05) is 13.2 Å². The van der Waals surface area contributed by atoms with Crippen LogP contribution in [0.25, 0.3) is 0 Å². The fraction of sp³-hybridized carbons (Fsp3) is 0.730.